The first kappa shape index (κ1) is 53.5. The predicted octanol–water partition coefficient (Wildman–Crippen LogP) is -9.98. The smallest absolute Gasteiger partial charge is 0.394 e. The molecule has 1 unspecified atom stereocenters. The zero-order chi connectivity index (χ0) is 47.5. The molecule has 4 rings (SSSR count). The Labute approximate surface area is 356 Å². The first-order valence-electron chi connectivity index (χ1n) is 18.0. The second kappa shape index (κ2) is 21.7. The third kappa shape index (κ3) is 14.5. The monoisotopic (exact) mass is 988 g/mol. The minimum Gasteiger partial charge on any atom is -0.394 e. The van der Waals surface area contributed by atoms with Crippen molar-refractivity contribution in [2.45, 2.75) is 137 Å². The highest BCUT2D eigenvalue weighted by Crippen LogP contribution is 2.35. The fourth-order valence-electron chi connectivity index (χ4n) is 6.77. The van der Waals surface area contributed by atoms with Crippen molar-refractivity contribution >= 4 is 43.0 Å². The summed E-state index contributed by atoms with van der Waals surface area (Å²) in [5.74, 6) is -1.80. The molecule has 4 fully saturated rings. The molecule has 0 aromatic heterocycles. The quantitative estimate of drug-likeness (QED) is 0.0567. The van der Waals surface area contributed by atoms with Crippen LogP contribution in [0.1, 0.15) is 13.8 Å². The average Bonchev–Trinajstić information content (AvgIpc) is 3.16. The van der Waals surface area contributed by atoms with Gasteiger partial charge in [-0.2, -0.15) is 25.3 Å². The lowest BCUT2D eigenvalue weighted by Gasteiger charge is -2.50. The van der Waals surface area contributed by atoms with E-state index in [1.54, 1.807) is 0 Å². The molecule has 4 aliphatic heterocycles. The minimum absolute atomic E-state index is 0.830. The molecule has 0 bridgehead atoms. The third-order valence-electron chi connectivity index (χ3n) is 9.61. The molecule has 4 aliphatic rings. The highest BCUT2D eigenvalue weighted by molar-refractivity contribution is 7.81. The van der Waals surface area contributed by atoms with Gasteiger partial charge in [-0.15, -0.1) is 0 Å². The maximum absolute atomic E-state index is 12.4. The van der Waals surface area contributed by atoms with Crippen molar-refractivity contribution in [2.75, 3.05) is 26.4 Å². The number of hydrogen-bond acceptors (Lipinski definition) is 27. The first-order chi connectivity index (χ1) is 29.0. The Balaban J connectivity index is 1.67. The molecule has 35 heteroatoms. The maximum Gasteiger partial charge on any atom is 0.397 e. The van der Waals surface area contributed by atoms with Gasteiger partial charge in [0, 0.05) is 13.8 Å². The zero-order valence-corrected chi connectivity index (χ0v) is 34.8. The maximum atomic E-state index is 12.4. The molecule has 0 saturated carbocycles. The summed E-state index contributed by atoms with van der Waals surface area (Å²) in [5, 5.41) is 102. The van der Waals surface area contributed by atoms with Gasteiger partial charge in [0.1, 0.15) is 97.5 Å². The van der Waals surface area contributed by atoms with E-state index < -0.39 is 192 Å². The van der Waals surface area contributed by atoms with Crippen LogP contribution in [0.3, 0.4) is 0 Å². The Hall–Kier alpha value is -2.09. The van der Waals surface area contributed by atoms with Crippen LogP contribution in [0, 0.1) is 0 Å². The molecule has 0 radical (unpaired) electrons. The summed E-state index contributed by atoms with van der Waals surface area (Å²) in [6.45, 7) is -2.97. The molecule has 0 spiro atoms. The Morgan fingerprint density at radius 2 is 0.873 bits per heavy atom. The Morgan fingerprint density at radius 1 is 0.476 bits per heavy atom. The number of rotatable bonds is 18. The molecule has 368 valence electrons. The number of ether oxygens (including phenoxy) is 7. The highest BCUT2D eigenvalue weighted by Gasteiger charge is 2.56. The van der Waals surface area contributed by atoms with Gasteiger partial charge in [0.2, 0.25) is 11.8 Å². The number of aliphatic hydroxyl groups excluding tert-OH is 9. The molecule has 63 heavy (non-hydrogen) atoms. The second-order valence-corrected chi connectivity index (χ2v) is 17.5. The van der Waals surface area contributed by atoms with E-state index in [1.165, 1.54) is 0 Å². The lowest BCUT2D eigenvalue weighted by atomic mass is 9.94. The summed E-state index contributed by atoms with van der Waals surface area (Å²) in [7, 11) is -15.7. The lowest BCUT2D eigenvalue weighted by Crippen LogP contribution is -2.70. The minimum atomic E-state index is -5.36. The van der Waals surface area contributed by atoms with E-state index in [-0.39, 0.29) is 0 Å². The molecule has 32 nitrogen and oxygen atoms in total. The topological polar surface area (TPSA) is 496 Å². The van der Waals surface area contributed by atoms with Crippen molar-refractivity contribution in [1.82, 2.24) is 10.6 Å². The van der Waals surface area contributed by atoms with E-state index in [4.69, 9.17) is 42.3 Å². The van der Waals surface area contributed by atoms with E-state index in [0.29, 0.717) is 0 Å². The van der Waals surface area contributed by atoms with Crippen LogP contribution in [0.5, 0.6) is 0 Å². The number of nitrogens with one attached hydrogen (secondary N) is 2. The van der Waals surface area contributed by atoms with E-state index >= 15 is 0 Å². The number of hydrogen-bond donors (Lipinski definition) is 14. The molecular weight excluding hydrogens is 940 g/mol. The molecule has 2 amide bonds. The summed E-state index contributed by atoms with van der Waals surface area (Å²) in [6.07, 6.45) is -38.1. The summed E-state index contributed by atoms with van der Waals surface area (Å²) in [6, 6.07) is -3.69. The molecule has 0 aliphatic carbocycles. The summed E-state index contributed by atoms with van der Waals surface area (Å²) >= 11 is 0. The first-order valence-corrected chi connectivity index (χ1v) is 22.1. The summed E-state index contributed by atoms with van der Waals surface area (Å²) < 4.78 is 147. The van der Waals surface area contributed by atoms with Crippen LogP contribution < -0.4 is 10.6 Å². The predicted molar refractivity (Wildman–Crippen MR) is 188 cm³/mol. The fourth-order valence-corrected chi connectivity index (χ4v) is 7.69. The van der Waals surface area contributed by atoms with Crippen LogP contribution in [0.2, 0.25) is 0 Å². The van der Waals surface area contributed by atoms with Crippen LogP contribution in [0.25, 0.3) is 0 Å². The van der Waals surface area contributed by atoms with Crippen molar-refractivity contribution < 1.29 is 140 Å². The van der Waals surface area contributed by atoms with Crippen LogP contribution in [-0.2, 0) is 86.5 Å². The van der Waals surface area contributed by atoms with Gasteiger partial charge in [0.15, 0.2) is 25.2 Å². The van der Waals surface area contributed by atoms with E-state index in [1.807, 2.05) is 0 Å². The number of carbonyl (C=O) groups excluding carboxylic acids is 2. The lowest BCUT2D eigenvalue weighted by molar-refractivity contribution is -0.376. The standard InChI is InChI=1S/C28H48N2O30S3/c1-7(32)29-13-17(36)22(11(54-25(13)41)5-52-62(45,46)47)59-28-21(40)24(16(35)9(3-31)55-28)60-26-14(30-8(2)33)18(37)23(12(57-26)6-53-63(48,49)50)58-27-20(39)19(38)15(34)10(56-27)4-51-61(42,43)44/h9-28,31,34-41H,3-6H2,1-2H3,(H,29,32)(H,30,33)(H,42,43,44)(H,45,46,47)(H,48,49,50)/t9-,10-,11-,12-,13-,14-,15+,16+,17-,18-,19+,20-,21-,22-,23-,24+,25?,26+,27+,28+/m1/s1. The Kier molecular flexibility index (Phi) is 18.4. The van der Waals surface area contributed by atoms with Gasteiger partial charge in [-0.3, -0.25) is 23.2 Å². The Bertz CT molecular complexity index is 1880. The van der Waals surface area contributed by atoms with E-state index in [2.05, 4.69) is 23.2 Å². The normalized spacial score (nSPS) is 41.7. The van der Waals surface area contributed by atoms with Crippen LogP contribution in [0.4, 0.5) is 0 Å². The second-order valence-electron chi connectivity index (χ2n) is 14.2. The van der Waals surface area contributed by atoms with Crippen molar-refractivity contribution in [3.8, 4) is 0 Å². The number of aliphatic hydroxyl groups is 9. The van der Waals surface area contributed by atoms with Gasteiger partial charge in [0.05, 0.1) is 26.4 Å². The van der Waals surface area contributed by atoms with Crippen molar-refractivity contribution in [3.05, 3.63) is 0 Å². The fraction of sp³-hybridized carbons (Fsp3) is 0.929. The molecule has 0 aromatic rings. The Morgan fingerprint density at radius 3 is 1.35 bits per heavy atom. The van der Waals surface area contributed by atoms with Gasteiger partial charge in [-0.1, -0.05) is 0 Å². The SMILES string of the molecule is CC(=O)N[C@H]1[C@H](O[C@H]2[C@@H](O)[C@@H](CO)O[C@@H](O[C@H]3[C@H](O)[C@@H](NC(C)=O)C(O)O[C@@H]3COS(=O)(=O)O)[C@@H]2O)O[C@H](COS(=O)(=O)O)[C@@H](O[C@@H]2O[C@H](COS(=O)(=O)O)[C@H](O)[C@H](O)[C@H]2O)[C@@H]1O. The largest absolute Gasteiger partial charge is 0.397 e. The van der Waals surface area contributed by atoms with Crippen LogP contribution in [-0.4, -0.2) is 246 Å². The molecular formula is C28H48N2O30S3. The van der Waals surface area contributed by atoms with E-state index in [0.717, 1.165) is 13.8 Å². The molecule has 0 aromatic carbocycles. The van der Waals surface area contributed by atoms with Crippen LogP contribution >= 0.6 is 0 Å². The zero-order valence-electron chi connectivity index (χ0n) is 32.3. The summed E-state index contributed by atoms with van der Waals surface area (Å²) in [5.41, 5.74) is 0. The number of carbonyl (C=O) groups is 2. The van der Waals surface area contributed by atoms with Gasteiger partial charge in [-0.25, -0.2) is 12.5 Å². The van der Waals surface area contributed by atoms with Crippen molar-refractivity contribution in [3.63, 3.8) is 0 Å². The third-order valence-corrected chi connectivity index (χ3v) is 10.9. The molecule has 20 atom stereocenters. The highest BCUT2D eigenvalue weighted by atomic mass is 32.3. The van der Waals surface area contributed by atoms with E-state index in [9.17, 15) is 85.4 Å². The van der Waals surface area contributed by atoms with Crippen molar-refractivity contribution in [2.24, 2.45) is 0 Å². The average molecular weight is 989 g/mol. The van der Waals surface area contributed by atoms with Gasteiger partial charge in [-0.05, 0) is 0 Å². The van der Waals surface area contributed by atoms with Crippen LogP contribution in [0.15, 0.2) is 0 Å². The number of amides is 2. The van der Waals surface area contributed by atoms with Gasteiger partial charge >= 0.3 is 31.2 Å². The molecule has 14 N–H and O–H groups in total. The van der Waals surface area contributed by atoms with Gasteiger partial charge in [0.25, 0.3) is 0 Å². The summed E-state index contributed by atoms with van der Waals surface area (Å²) in [4.78, 5) is 24.2. The van der Waals surface area contributed by atoms with Gasteiger partial charge < -0.3 is 89.8 Å². The molecule has 4 heterocycles. The van der Waals surface area contributed by atoms with Crippen molar-refractivity contribution in [1.29, 1.82) is 0 Å². The molecule has 4 saturated heterocycles.